The summed E-state index contributed by atoms with van der Waals surface area (Å²) in [4.78, 5) is 24.0. The second kappa shape index (κ2) is 10.5. The molecule has 0 saturated carbocycles. The van der Waals surface area contributed by atoms with Crippen LogP contribution in [0.5, 0.6) is 0 Å². The molecule has 0 radical (unpaired) electrons. The van der Waals surface area contributed by atoms with Gasteiger partial charge in [0.25, 0.3) is 0 Å². The van der Waals surface area contributed by atoms with E-state index in [1.165, 1.54) is 40.4 Å². The van der Waals surface area contributed by atoms with Gasteiger partial charge in [-0.1, -0.05) is 24.3 Å². The molecule has 0 spiro atoms. The van der Waals surface area contributed by atoms with E-state index in [1.807, 2.05) is 10.8 Å². The maximum atomic E-state index is 13.1. The Morgan fingerprint density at radius 2 is 1.71 bits per heavy atom. The zero-order chi connectivity index (χ0) is 23.3. The Morgan fingerprint density at radius 1 is 0.971 bits per heavy atom. The van der Waals surface area contributed by atoms with E-state index in [9.17, 15) is 9.18 Å². The van der Waals surface area contributed by atoms with E-state index in [0.717, 1.165) is 54.7 Å². The molecule has 6 nitrogen and oxygen atoms in total. The number of rotatable bonds is 7. The van der Waals surface area contributed by atoms with E-state index in [-0.39, 0.29) is 18.1 Å². The number of ether oxygens (including phenoxy) is 1. The van der Waals surface area contributed by atoms with Crippen LogP contribution in [0.3, 0.4) is 0 Å². The van der Waals surface area contributed by atoms with Crippen molar-refractivity contribution < 1.29 is 13.9 Å². The van der Waals surface area contributed by atoms with Gasteiger partial charge in [0.05, 0.1) is 31.0 Å². The predicted octanol–water partition coefficient (Wildman–Crippen LogP) is 5.09. The highest BCUT2D eigenvalue weighted by atomic mass is 32.1. The third-order valence-electron chi connectivity index (χ3n) is 5.49. The van der Waals surface area contributed by atoms with Crippen LogP contribution in [-0.4, -0.2) is 47.1 Å². The molecule has 3 heterocycles. The number of carbonyl (C=O) groups is 1. The van der Waals surface area contributed by atoms with E-state index < -0.39 is 0 Å². The van der Waals surface area contributed by atoms with Gasteiger partial charge in [-0.25, -0.2) is 14.4 Å². The SMILES string of the molecule is O=C(Cc1csc(-c2ccc(CN3CCOCC3)cc2)n1)Nc1nc(-c2ccc(F)cc2)cs1. The van der Waals surface area contributed by atoms with Crippen LogP contribution >= 0.6 is 22.7 Å². The molecule has 0 bridgehead atoms. The Balaban J connectivity index is 1.16. The summed E-state index contributed by atoms with van der Waals surface area (Å²) in [5, 5.41) is 8.00. The first-order chi connectivity index (χ1) is 16.6. The highest BCUT2D eigenvalue weighted by molar-refractivity contribution is 7.14. The summed E-state index contributed by atoms with van der Waals surface area (Å²) in [6.07, 6.45) is 0.178. The summed E-state index contributed by atoms with van der Waals surface area (Å²) >= 11 is 2.87. The first-order valence-electron chi connectivity index (χ1n) is 11.0. The molecule has 0 unspecified atom stereocenters. The van der Waals surface area contributed by atoms with Crippen LogP contribution in [0.15, 0.2) is 59.3 Å². The van der Waals surface area contributed by atoms with Crippen LogP contribution in [0.25, 0.3) is 21.8 Å². The van der Waals surface area contributed by atoms with Crippen LogP contribution in [0.4, 0.5) is 9.52 Å². The first-order valence-corrected chi connectivity index (χ1v) is 12.7. The number of amides is 1. The third kappa shape index (κ3) is 5.74. The molecule has 4 aromatic rings. The van der Waals surface area contributed by atoms with Gasteiger partial charge in [0, 0.05) is 41.5 Å². The molecule has 2 aromatic carbocycles. The zero-order valence-corrected chi connectivity index (χ0v) is 20.0. The predicted molar refractivity (Wildman–Crippen MR) is 133 cm³/mol. The lowest BCUT2D eigenvalue weighted by Gasteiger charge is -2.26. The molecule has 34 heavy (non-hydrogen) atoms. The van der Waals surface area contributed by atoms with Crippen molar-refractivity contribution in [2.24, 2.45) is 0 Å². The molecule has 1 N–H and O–H groups in total. The number of nitrogens with one attached hydrogen (secondary N) is 1. The van der Waals surface area contributed by atoms with Crippen molar-refractivity contribution >= 4 is 33.7 Å². The number of hydrogen-bond donors (Lipinski definition) is 1. The van der Waals surface area contributed by atoms with E-state index in [1.54, 1.807) is 12.1 Å². The monoisotopic (exact) mass is 494 g/mol. The van der Waals surface area contributed by atoms with Gasteiger partial charge >= 0.3 is 0 Å². The zero-order valence-electron chi connectivity index (χ0n) is 18.4. The molecular weight excluding hydrogens is 471 g/mol. The normalized spacial score (nSPS) is 14.3. The molecule has 1 aliphatic rings. The lowest BCUT2D eigenvalue weighted by atomic mass is 10.1. The van der Waals surface area contributed by atoms with Crippen molar-refractivity contribution in [3.05, 3.63) is 76.4 Å². The molecule has 1 aliphatic heterocycles. The maximum absolute atomic E-state index is 13.1. The van der Waals surface area contributed by atoms with Gasteiger partial charge in [-0.05, 0) is 29.8 Å². The molecule has 174 valence electrons. The van der Waals surface area contributed by atoms with Gasteiger partial charge in [0.2, 0.25) is 5.91 Å². The van der Waals surface area contributed by atoms with E-state index >= 15 is 0 Å². The van der Waals surface area contributed by atoms with Gasteiger partial charge in [0.1, 0.15) is 10.8 Å². The van der Waals surface area contributed by atoms with Crippen molar-refractivity contribution in [2.75, 3.05) is 31.6 Å². The second-order valence-electron chi connectivity index (χ2n) is 8.00. The van der Waals surface area contributed by atoms with Gasteiger partial charge in [-0.2, -0.15) is 0 Å². The topological polar surface area (TPSA) is 67.4 Å². The average molecular weight is 495 g/mol. The van der Waals surface area contributed by atoms with Crippen molar-refractivity contribution in [3.63, 3.8) is 0 Å². The van der Waals surface area contributed by atoms with Crippen molar-refractivity contribution in [1.29, 1.82) is 0 Å². The lowest BCUT2D eigenvalue weighted by Crippen LogP contribution is -2.35. The first kappa shape index (κ1) is 22.8. The van der Waals surface area contributed by atoms with Gasteiger partial charge in [0.15, 0.2) is 5.13 Å². The van der Waals surface area contributed by atoms with Crippen molar-refractivity contribution in [2.45, 2.75) is 13.0 Å². The third-order valence-corrected chi connectivity index (χ3v) is 7.19. The fourth-order valence-electron chi connectivity index (χ4n) is 3.70. The second-order valence-corrected chi connectivity index (χ2v) is 9.72. The summed E-state index contributed by atoms with van der Waals surface area (Å²) in [7, 11) is 0. The van der Waals surface area contributed by atoms with Crippen LogP contribution < -0.4 is 5.32 Å². The molecule has 1 saturated heterocycles. The minimum absolute atomic E-state index is 0.169. The molecule has 0 atom stereocenters. The average Bonchev–Trinajstić information content (AvgIpc) is 3.51. The van der Waals surface area contributed by atoms with Crippen LogP contribution in [0, 0.1) is 5.82 Å². The number of thiazole rings is 2. The lowest BCUT2D eigenvalue weighted by molar-refractivity contribution is -0.115. The molecular formula is C25H23FN4O2S2. The standard InChI is InChI=1S/C25H23FN4O2S2/c26-20-7-5-18(6-8-20)22-16-34-25(28-22)29-23(31)13-21-15-33-24(27-21)19-3-1-17(2-4-19)14-30-9-11-32-12-10-30/h1-8,15-16H,9-14H2,(H,28,29,31). The molecule has 9 heteroatoms. The molecule has 1 amide bonds. The molecule has 2 aromatic heterocycles. The summed E-state index contributed by atoms with van der Waals surface area (Å²) < 4.78 is 18.5. The fourth-order valence-corrected chi connectivity index (χ4v) is 5.27. The van der Waals surface area contributed by atoms with Gasteiger partial charge in [-0.3, -0.25) is 9.69 Å². The fraction of sp³-hybridized carbons (Fsp3) is 0.240. The Hall–Kier alpha value is -2.98. The Morgan fingerprint density at radius 3 is 2.47 bits per heavy atom. The summed E-state index contributed by atoms with van der Waals surface area (Å²) in [5.41, 5.74) is 4.55. The van der Waals surface area contributed by atoms with Crippen molar-refractivity contribution in [3.8, 4) is 21.8 Å². The van der Waals surface area contributed by atoms with Crippen molar-refractivity contribution in [1.82, 2.24) is 14.9 Å². The number of anilines is 1. The van der Waals surface area contributed by atoms with Crippen LogP contribution in [0.2, 0.25) is 0 Å². The number of morpholine rings is 1. The number of aromatic nitrogens is 2. The summed E-state index contributed by atoms with van der Waals surface area (Å²) in [6, 6.07) is 14.6. The van der Waals surface area contributed by atoms with E-state index in [2.05, 4.69) is 44.5 Å². The highest BCUT2D eigenvalue weighted by Crippen LogP contribution is 2.27. The number of hydrogen-bond acceptors (Lipinski definition) is 7. The van der Waals surface area contributed by atoms with E-state index in [4.69, 9.17) is 4.74 Å². The molecule has 5 rings (SSSR count). The van der Waals surface area contributed by atoms with Crippen LogP contribution in [0.1, 0.15) is 11.3 Å². The van der Waals surface area contributed by atoms with Crippen LogP contribution in [-0.2, 0) is 22.5 Å². The minimum Gasteiger partial charge on any atom is -0.379 e. The number of nitrogens with zero attached hydrogens (tertiary/aromatic N) is 3. The largest absolute Gasteiger partial charge is 0.379 e. The Labute approximate surface area is 205 Å². The van der Waals surface area contributed by atoms with Gasteiger partial charge in [-0.15, -0.1) is 22.7 Å². The Bertz CT molecular complexity index is 1250. The maximum Gasteiger partial charge on any atom is 0.232 e. The quantitative estimate of drug-likeness (QED) is 0.388. The minimum atomic E-state index is -0.293. The highest BCUT2D eigenvalue weighted by Gasteiger charge is 2.13. The molecule has 0 aliphatic carbocycles. The van der Waals surface area contributed by atoms with Gasteiger partial charge < -0.3 is 10.1 Å². The molecule has 1 fully saturated rings. The summed E-state index contributed by atoms with van der Waals surface area (Å²) in [6.45, 7) is 4.45. The number of halogens is 1. The number of benzene rings is 2. The van der Waals surface area contributed by atoms with E-state index in [0.29, 0.717) is 10.8 Å². The smallest absolute Gasteiger partial charge is 0.232 e. The summed E-state index contributed by atoms with van der Waals surface area (Å²) in [5.74, 6) is -0.461. The Kier molecular flexibility index (Phi) is 7.05. The number of carbonyl (C=O) groups excluding carboxylic acids is 1.